The van der Waals surface area contributed by atoms with Crippen molar-refractivity contribution in [2.24, 2.45) is 0 Å². The third-order valence-electron chi connectivity index (χ3n) is 2.97. The van der Waals surface area contributed by atoms with Crippen LogP contribution in [0.4, 0.5) is 0 Å². The molecule has 0 aromatic heterocycles. The lowest BCUT2D eigenvalue weighted by Gasteiger charge is -2.11. The number of carbonyl (C=O) groups excluding carboxylic acids is 1. The number of benzene rings is 1. The highest BCUT2D eigenvalue weighted by atomic mass is 16.5. The van der Waals surface area contributed by atoms with E-state index in [0.717, 1.165) is 30.8 Å². The number of amides is 1. The molecule has 18 heavy (non-hydrogen) atoms. The Morgan fingerprint density at radius 1 is 1.33 bits per heavy atom. The van der Waals surface area contributed by atoms with E-state index in [2.05, 4.69) is 17.6 Å². The SMILES string of the molecule is CCCNCCNC(=O)C1Cc2ccccc2O1. The van der Waals surface area contributed by atoms with Crippen molar-refractivity contribution in [2.45, 2.75) is 25.9 Å². The van der Waals surface area contributed by atoms with Gasteiger partial charge in [0.25, 0.3) is 5.91 Å². The molecule has 0 saturated heterocycles. The van der Waals surface area contributed by atoms with Gasteiger partial charge in [0.15, 0.2) is 6.10 Å². The van der Waals surface area contributed by atoms with E-state index in [1.807, 2.05) is 24.3 Å². The number of para-hydroxylation sites is 1. The van der Waals surface area contributed by atoms with Gasteiger partial charge in [-0.25, -0.2) is 0 Å². The fourth-order valence-electron chi connectivity index (χ4n) is 2.02. The van der Waals surface area contributed by atoms with Crippen LogP contribution in [0.25, 0.3) is 0 Å². The largest absolute Gasteiger partial charge is 0.480 e. The Kier molecular flexibility index (Phi) is 4.59. The lowest BCUT2D eigenvalue weighted by molar-refractivity contribution is -0.127. The zero-order valence-corrected chi connectivity index (χ0v) is 10.7. The van der Waals surface area contributed by atoms with Gasteiger partial charge in [-0.3, -0.25) is 4.79 Å². The molecule has 2 rings (SSSR count). The van der Waals surface area contributed by atoms with Crippen LogP contribution in [-0.4, -0.2) is 31.6 Å². The first kappa shape index (κ1) is 12.9. The van der Waals surface area contributed by atoms with Gasteiger partial charge in [0.2, 0.25) is 0 Å². The van der Waals surface area contributed by atoms with Crippen LogP contribution in [0.2, 0.25) is 0 Å². The number of hydrogen-bond donors (Lipinski definition) is 2. The van der Waals surface area contributed by atoms with Gasteiger partial charge in [-0.15, -0.1) is 0 Å². The van der Waals surface area contributed by atoms with Crippen molar-refractivity contribution in [1.29, 1.82) is 0 Å². The van der Waals surface area contributed by atoms with Gasteiger partial charge in [0.1, 0.15) is 5.75 Å². The van der Waals surface area contributed by atoms with E-state index in [-0.39, 0.29) is 12.0 Å². The van der Waals surface area contributed by atoms with Crippen LogP contribution in [-0.2, 0) is 11.2 Å². The topological polar surface area (TPSA) is 50.4 Å². The van der Waals surface area contributed by atoms with Gasteiger partial charge in [-0.1, -0.05) is 25.1 Å². The summed E-state index contributed by atoms with van der Waals surface area (Å²) in [6, 6.07) is 7.81. The maximum atomic E-state index is 11.9. The minimum atomic E-state index is -0.367. The maximum Gasteiger partial charge on any atom is 0.261 e. The molecule has 4 heteroatoms. The summed E-state index contributed by atoms with van der Waals surface area (Å²) in [5, 5.41) is 6.13. The lowest BCUT2D eigenvalue weighted by Crippen LogP contribution is -2.40. The minimum absolute atomic E-state index is 0.0236. The number of ether oxygens (including phenoxy) is 1. The summed E-state index contributed by atoms with van der Waals surface area (Å²) in [4.78, 5) is 11.9. The van der Waals surface area contributed by atoms with Gasteiger partial charge >= 0.3 is 0 Å². The summed E-state index contributed by atoms with van der Waals surface area (Å²) >= 11 is 0. The summed E-state index contributed by atoms with van der Waals surface area (Å²) in [6.07, 6.45) is 1.41. The van der Waals surface area contributed by atoms with E-state index >= 15 is 0 Å². The molecule has 0 spiro atoms. The Morgan fingerprint density at radius 3 is 2.94 bits per heavy atom. The molecule has 0 bridgehead atoms. The molecule has 0 aliphatic carbocycles. The molecule has 1 aliphatic rings. The Labute approximate surface area is 108 Å². The molecule has 1 heterocycles. The fraction of sp³-hybridized carbons (Fsp3) is 0.500. The van der Waals surface area contributed by atoms with Gasteiger partial charge in [-0.2, -0.15) is 0 Å². The molecule has 98 valence electrons. The highest BCUT2D eigenvalue weighted by Crippen LogP contribution is 2.27. The van der Waals surface area contributed by atoms with E-state index in [1.165, 1.54) is 0 Å². The summed E-state index contributed by atoms with van der Waals surface area (Å²) in [6.45, 7) is 4.56. The molecular weight excluding hydrogens is 228 g/mol. The van der Waals surface area contributed by atoms with Crippen LogP contribution in [0.1, 0.15) is 18.9 Å². The second-order valence-electron chi connectivity index (χ2n) is 4.46. The number of fused-ring (bicyclic) bond motifs is 1. The first-order valence-corrected chi connectivity index (χ1v) is 6.54. The van der Waals surface area contributed by atoms with Crippen molar-refractivity contribution >= 4 is 5.91 Å². The number of nitrogens with one attached hydrogen (secondary N) is 2. The van der Waals surface area contributed by atoms with E-state index in [0.29, 0.717) is 13.0 Å². The summed E-state index contributed by atoms with van der Waals surface area (Å²) < 4.78 is 5.61. The Hall–Kier alpha value is -1.55. The minimum Gasteiger partial charge on any atom is -0.480 e. The van der Waals surface area contributed by atoms with E-state index in [1.54, 1.807) is 0 Å². The van der Waals surface area contributed by atoms with Crippen LogP contribution in [0.15, 0.2) is 24.3 Å². The van der Waals surface area contributed by atoms with Crippen molar-refractivity contribution in [1.82, 2.24) is 10.6 Å². The molecular formula is C14H20N2O2. The van der Waals surface area contributed by atoms with Crippen LogP contribution in [0.5, 0.6) is 5.75 Å². The Morgan fingerprint density at radius 2 is 2.17 bits per heavy atom. The molecule has 2 N–H and O–H groups in total. The maximum absolute atomic E-state index is 11.9. The average Bonchev–Trinajstić information content (AvgIpc) is 2.82. The summed E-state index contributed by atoms with van der Waals surface area (Å²) in [7, 11) is 0. The molecule has 1 aromatic rings. The van der Waals surface area contributed by atoms with Gasteiger partial charge in [-0.05, 0) is 24.6 Å². The molecule has 0 fully saturated rings. The molecule has 1 aromatic carbocycles. The highest BCUT2D eigenvalue weighted by Gasteiger charge is 2.28. The second-order valence-corrected chi connectivity index (χ2v) is 4.46. The zero-order valence-electron chi connectivity index (χ0n) is 10.7. The summed E-state index contributed by atoms with van der Waals surface area (Å²) in [5.74, 6) is 0.811. The van der Waals surface area contributed by atoms with Crippen molar-refractivity contribution in [3.8, 4) is 5.75 Å². The average molecular weight is 248 g/mol. The molecule has 1 atom stereocenters. The number of hydrogen-bond acceptors (Lipinski definition) is 3. The van der Waals surface area contributed by atoms with Crippen LogP contribution in [0.3, 0.4) is 0 Å². The fourth-order valence-corrected chi connectivity index (χ4v) is 2.02. The standard InChI is InChI=1S/C14H20N2O2/c1-2-7-15-8-9-16-14(17)13-10-11-5-3-4-6-12(11)18-13/h3-6,13,15H,2,7-10H2,1H3,(H,16,17). The van der Waals surface area contributed by atoms with Gasteiger partial charge in [0.05, 0.1) is 0 Å². The van der Waals surface area contributed by atoms with Crippen LogP contribution in [0, 0.1) is 0 Å². The van der Waals surface area contributed by atoms with E-state index in [4.69, 9.17) is 4.74 Å². The normalized spacial score (nSPS) is 17.1. The predicted molar refractivity (Wildman–Crippen MR) is 70.7 cm³/mol. The van der Waals surface area contributed by atoms with E-state index < -0.39 is 0 Å². The molecule has 1 unspecified atom stereocenters. The van der Waals surface area contributed by atoms with Crippen molar-refractivity contribution in [3.05, 3.63) is 29.8 Å². The first-order valence-electron chi connectivity index (χ1n) is 6.54. The van der Waals surface area contributed by atoms with Crippen molar-refractivity contribution in [3.63, 3.8) is 0 Å². The second kappa shape index (κ2) is 6.40. The van der Waals surface area contributed by atoms with Crippen LogP contribution >= 0.6 is 0 Å². The third kappa shape index (κ3) is 3.23. The van der Waals surface area contributed by atoms with E-state index in [9.17, 15) is 4.79 Å². The molecule has 1 amide bonds. The molecule has 0 saturated carbocycles. The van der Waals surface area contributed by atoms with Crippen molar-refractivity contribution < 1.29 is 9.53 Å². The number of rotatable bonds is 6. The molecule has 1 aliphatic heterocycles. The lowest BCUT2D eigenvalue weighted by atomic mass is 10.1. The Bertz CT molecular complexity index is 382. The summed E-state index contributed by atoms with van der Waals surface area (Å²) in [5.41, 5.74) is 1.11. The molecule has 4 nitrogen and oxygen atoms in total. The zero-order chi connectivity index (χ0) is 12.8. The molecule has 0 radical (unpaired) electrons. The predicted octanol–water partition coefficient (Wildman–Crippen LogP) is 1.11. The smallest absolute Gasteiger partial charge is 0.261 e. The highest BCUT2D eigenvalue weighted by molar-refractivity contribution is 5.82. The van der Waals surface area contributed by atoms with Gasteiger partial charge in [0, 0.05) is 19.5 Å². The first-order chi connectivity index (χ1) is 8.81. The number of carbonyl (C=O) groups is 1. The monoisotopic (exact) mass is 248 g/mol. The quantitative estimate of drug-likeness (QED) is 0.741. The third-order valence-corrected chi connectivity index (χ3v) is 2.97. The Balaban J connectivity index is 1.72. The van der Waals surface area contributed by atoms with Gasteiger partial charge < -0.3 is 15.4 Å². The van der Waals surface area contributed by atoms with Crippen LogP contribution < -0.4 is 15.4 Å². The van der Waals surface area contributed by atoms with Crippen molar-refractivity contribution in [2.75, 3.05) is 19.6 Å².